The van der Waals surface area contributed by atoms with Gasteiger partial charge in [0.05, 0.1) is 12.0 Å². The molecule has 3 rings (SSSR count). The summed E-state index contributed by atoms with van der Waals surface area (Å²) in [6.45, 7) is 1.76. The molecule has 0 aliphatic rings. The molecule has 2 aromatic heterocycles. The van der Waals surface area contributed by atoms with Crippen molar-refractivity contribution in [1.82, 2.24) is 15.6 Å². The summed E-state index contributed by atoms with van der Waals surface area (Å²) >= 11 is 10.5. The highest BCUT2D eigenvalue weighted by Gasteiger charge is 2.10. The van der Waals surface area contributed by atoms with E-state index < -0.39 is 0 Å². The van der Waals surface area contributed by atoms with Gasteiger partial charge in [-0.1, -0.05) is 64.7 Å². The molecule has 0 saturated heterocycles. The van der Waals surface area contributed by atoms with Crippen LogP contribution in [0.25, 0.3) is 0 Å². The number of rotatable bonds is 8. The van der Waals surface area contributed by atoms with Crippen LogP contribution < -0.4 is 5.43 Å². The molecule has 0 aliphatic heterocycles. The van der Waals surface area contributed by atoms with Gasteiger partial charge in [0.25, 0.3) is 5.91 Å². The molecular formula is C17H15ClN4O2S3. The summed E-state index contributed by atoms with van der Waals surface area (Å²) in [7, 11) is 0. The Morgan fingerprint density at radius 2 is 2.00 bits per heavy atom. The summed E-state index contributed by atoms with van der Waals surface area (Å²) in [6, 6.07) is 11.3. The summed E-state index contributed by atoms with van der Waals surface area (Å²) in [6.07, 6.45) is 1.56. The molecule has 0 fully saturated rings. The summed E-state index contributed by atoms with van der Waals surface area (Å²) in [4.78, 5) is 11.9. The van der Waals surface area contributed by atoms with Crippen LogP contribution in [0.5, 0.6) is 0 Å². The van der Waals surface area contributed by atoms with Gasteiger partial charge in [0.2, 0.25) is 0 Å². The number of benzene rings is 1. The summed E-state index contributed by atoms with van der Waals surface area (Å²) in [5.41, 5.74) is 4.16. The van der Waals surface area contributed by atoms with Crippen molar-refractivity contribution in [2.75, 3.05) is 5.75 Å². The zero-order valence-electron chi connectivity index (χ0n) is 14.2. The molecular weight excluding hydrogens is 424 g/mol. The Morgan fingerprint density at radius 1 is 1.22 bits per heavy atom. The molecule has 1 N–H and O–H groups in total. The van der Waals surface area contributed by atoms with Gasteiger partial charge in [-0.2, -0.15) is 5.10 Å². The first kappa shape index (κ1) is 19.9. The number of halogens is 1. The van der Waals surface area contributed by atoms with Crippen LogP contribution in [-0.2, 0) is 10.5 Å². The minimum atomic E-state index is -0.216. The van der Waals surface area contributed by atoms with Crippen LogP contribution in [-0.4, -0.2) is 27.6 Å². The van der Waals surface area contributed by atoms with E-state index in [1.54, 1.807) is 37.1 Å². The standard InChI is InChI=1S/C17H15ClN4O2S3/c1-11(14-7-4-8-24-14)19-20-15(23)10-26-17-22-21-16(27-17)25-9-12-5-2-3-6-13(12)18/h2-8H,9-10H2,1H3,(H,20,23)/b19-11-. The molecule has 140 valence electrons. The number of nitrogens with one attached hydrogen (secondary N) is 1. The normalized spacial score (nSPS) is 11.6. The lowest BCUT2D eigenvalue weighted by Crippen LogP contribution is -2.21. The number of thioether (sulfide) groups is 2. The fourth-order valence-corrected chi connectivity index (χ4v) is 5.01. The fraction of sp³-hybridized carbons (Fsp3) is 0.176. The number of carbonyl (C=O) groups is 1. The molecule has 27 heavy (non-hydrogen) atoms. The van der Waals surface area contributed by atoms with Crippen LogP contribution in [0.3, 0.4) is 0 Å². The maximum Gasteiger partial charge on any atom is 0.250 e. The predicted octanol–water partition coefficient (Wildman–Crippen LogP) is 4.71. The third kappa shape index (κ3) is 6.10. The van der Waals surface area contributed by atoms with E-state index in [-0.39, 0.29) is 11.7 Å². The van der Waals surface area contributed by atoms with Crippen LogP contribution in [0.15, 0.2) is 60.9 Å². The quantitative estimate of drug-likeness (QED) is 0.311. The van der Waals surface area contributed by atoms with Crippen molar-refractivity contribution in [3.8, 4) is 0 Å². The van der Waals surface area contributed by atoms with Gasteiger partial charge in [0, 0.05) is 10.8 Å². The minimum absolute atomic E-state index is 0.207. The average molecular weight is 439 g/mol. The lowest BCUT2D eigenvalue weighted by atomic mass is 10.2. The SMILES string of the molecule is C/C(=N/NC(=O)CSc1nnc(SCc2ccccc2Cl)s1)c1ccco1. The number of hydrogen-bond donors (Lipinski definition) is 1. The molecule has 0 bridgehead atoms. The van der Waals surface area contributed by atoms with Crippen LogP contribution in [0.4, 0.5) is 0 Å². The van der Waals surface area contributed by atoms with Crippen LogP contribution in [0.1, 0.15) is 18.2 Å². The van der Waals surface area contributed by atoms with E-state index in [0.29, 0.717) is 11.5 Å². The van der Waals surface area contributed by atoms with Gasteiger partial charge in [-0.05, 0) is 30.7 Å². The molecule has 0 saturated carbocycles. The van der Waals surface area contributed by atoms with Gasteiger partial charge in [-0.25, -0.2) is 5.43 Å². The first-order valence-electron chi connectivity index (χ1n) is 7.81. The molecule has 6 nitrogen and oxygen atoms in total. The van der Waals surface area contributed by atoms with Crippen LogP contribution in [0.2, 0.25) is 5.02 Å². The number of aromatic nitrogens is 2. The average Bonchev–Trinajstić information content (AvgIpc) is 3.36. The van der Waals surface area contributed by atoms with Gasteiger partial charge in [0.15, 0.2) is 8.68 Å². The third-order valence-electron chi connectivity index (χ3n) is 3.25. The third-order valence-corrected chi connectivity index (χ3v) is 6.86. The molecule has 10 heteroatoms. The Balaban J connectivity index is 1.44. The molecule has 0 radical (unpaired) electrons. The number of furan rings is 1. The second kappa shape index (κ2) is 9.93. The number of hydrazone groups is 1. The Morgan fingerprint density at radius 3 is 2.74 bits per heavy atom. The molecule has 0 unspecified atom stereocenters. The fourth-order valence-electron chi connectivity index (χ4n) is 1.91. The van der Waals surface area contributed by atoms with Crippen molar-refractivity contribution >= 4 is 58.1 Å². The Kier molecular flexibility index (Phi) is 7.33. The highest BCUT2D eigenvalue weighted by atomic mass is 35.5. The number of hydrogen-bond acceptors (Lipinski definition) is 8. The zero-order valence-corrected chi connectivity index (χ0v) is 17.4. The van der Waals surface area contributed by atoms with E-state index in [1.165, 1.54) is 23.1 Å². The number of carbonyl (C=O) groups excluding carboxylic acids is 1. The largest absolute Gasteiger partial charge is 0.463 e. The molecule has 0 spiro atoms. The van der Waals surface area contributed by atoms with Gasteiger partial charge in [-0.15, -0.1) is 10.2 Å². The van der Waals surface area contributed by atoms with E-state index in [4.69, 9.17) is 16.0 Å². The van der Waals surface area contributed by atoms with Crippen LogP contribution >= 0.6 is 46.5 Å². The van der Waals surface area contributed by atoms with E-state index in [0.717, 1.165) is 25.0 Å². The van der Waals surface area contributed by atoms with E-state index in [2.05, 4.69) is 20.7 Å². The second-order valence-corrected chi connectivity index (χ2v) is 9.04. The lowest BCUT2D eigenvalue weighted by Gasteiger charge is -2.00. The summed E-state index contributed by atoms with van der Waals surface area (Å²) in [5, 5.41) is 13.0. The van der Waals surface area contributed by atoms with E-state index in [9.17, 15) is 4.79 Å². The molecule has 3 aromatic rings. The van der Waals surface area contributed by atoms with E-state index >= 15 is 0 Å². The zero-order chi connectivity index (χ0) is 19.1. The minimum Gasteiger partial charge on any atom is -0.463 e. The highest BCUT2D eigenvalue weighted by molar-refractivity contribution is 8.03. The van der Waals surface area contributed by atoms with Crippen molar-refractivity contribution in [2.24, 2.45) is 5.10 Å². The highest BCUT2D eigenvalue weighted by Crippen LogP contribution is 2.32. The monoisotopic (exact) mass is 438 g/mol. The maximum absolute atomic E-state index is 11.9. The Labute approximate surface area is 173 Å². The van der Waals surface area contributed by atoms with Gasteiger partial charge >= 0.3 is 0 Å². The summed E-state index contributed by atoms with van der Waals surface area (Å²) < 4.78 is 6.78. The Hall–Kier alpha value is -1.81. The maximum atomic E-state index is 11.9. The molecule has 2 heterocycles. The van der Waals surface area contributed by atoms with Gasteiger partial charge in [0.1, 0.15) is 11.5 Å². The van der Waals surface area contributed by atoms with Crippen molar-refractivity contribution in [1.29, 1.82) is 0 Å². The van der Waals surface area contributed by atoms with Crippen molar-refractivity contribution in [2.45, 2.75) is 21.4 Å². The summed E-state index contributed by atoms with van der Waals surface area (Å²) in [5.74, 6) is 1.33. The second-order valence-electron chi connectivity index (χ2n) is 5.21. The molecule has 1 aromatic carbocycles. The van der Waals surface area contributed by atoms with Crippen molar-refractivity contribution < 1.29 is 9.21 Å². The van der Waals surface area contributed by atoms with Crippen molar-refractivity contribution in [3.05, 3.63) is 59.0 Å². The first-order valence-corrected chi connectivity index (χ1v) is 11.0. The van der Waals surface area contributed by atoms with Gasteiger partial charge < -0.3 is 4.42 Å². The topological polar surface area (TPSA) is 80.4 Å². The molecule has 0 aliphatic carbocycles. The Bertz CT molecular complexity index is 928. The number of amides is 1. The van der Waals surface area contributed by atoms with Crippen LogP contribution in [0, 0.1) is 0 Å². The van der Waals surface area contributed by atoms with Crippen molar-refractivity contribution in [3.63, 3.8) is 0 Å². The van der Waals surface area contributed by atoms with Gasteiger partial charge in [-0.3, -0.25) is 4.79 Å². The predicted molar refractivity (Wildman–Crippen MR) is 111 cm³/mol. The number of nitrogens with zero attached hydrogens (tertiary/aromatic N) is 3. The lowest BCUT2D eigenvalue weighted by molar-refractivity contribution is -0.118. The first-order chi connectivity index (χ1) is 13.1. The van der Waals surface area contributed by atoms with E-state index in [1.807, 2.05) is 24.3 Å². The molecule has 1 amide bonds. The molecule has 0 atom stereocenters. The smallest absolute Gasteiger partial charge is 0.250 e.